The minimum Gasteiger partial charge on any atom is -0.443 e. The summed E-state index contributed by atoms with van der Waals surface area (Å²) in [6.45, 7) is 3.81. The molecule has 0 radical (unpaired) electrons. The van der Waals surface area contributed by atoms with Gasteiger partial charge in [0.15, 0.2) is 0 Å². The highest BCUT2D eigenvalue weighted by Gasteiger charge is 2.30. The SMILES string of the molecule is COC(c1ccc(Cl)cc1Cl)C(OC(N)=O)C(C)C. The highest BCUT2D eigenvalue weighted by molar-refractivity contribution is 6.35. The number of amides is 1. The Bertz CT molecular complexity index is 452. The van der Waals surface area contributed by atoms with E-state index in [0.717, 1.165) is 0 Å². The Morgan fingerprint density at radius 1 is 1.32 bits per heavy atom. The van der Waals surface area contributed by atoms with Crippen LogP contribution >= 0.6 is 23.2 Å². The van der Waals surface area contributed by atoms with Gasteiger partial charge in [-0.25, -0.2) is 4.79 Å². The van der Waals surface area contributed by atoms with Gasteiger partial charge in [-0.3, -0.25) is 0 Å². The Balaban J connectivity index is 3.11. The maximum absolute atomic E-state index is 11.0. The van der Waals surface area contributed by atoms with Crippen LogP contribution in [-0.4, -0.2) is 19.3 Å². The topological polar surface area (TPSA) is 61.6 Å². The van der Waals surface area contributed by atoms with Crippen molar-refractivity contribution in [2.75, 3.05) is 7.11 Å². The van der Waals surface area contributed by atoms with Crippen molar-refractivity contribution in [2.24, 2.45) is 11.7 Å². The number of methoxy groups -OCH3 is 1. The van der Waals surface area contributed by atoms with Crippen molar-refractivity contribution in [3.63, 3.8) is 0 Å². The van der Waals surface area contributed by atoms with Crippen LogP contribution in [0.25, 0.3) is 0 Å². The summed E-state index contributed by atoms with van der Waals surface area (Å²) in [6, 6.07) is 5.07. The van der Waals surface area contributed by atoms with Gasteiger partial charge < -0.3 is 15.2 Å². The lowest BCUT2D eigenvalue weighted by Crippen LogP contribution is -2.33. The largest absolute Gasteiger partial charge is 0.443 e. The third-order valence-corrected chi connectivity index (χ3v) is 3.29. The predicted molar refractivity (Wildman–Crippen MR) is 75.5 cm³/mol. The van der Waals surface area contributed by atoms with E-state index in [1.807, 2.05) is 13.8 Å². The molecule has 0 bridgehead atoms. The molecule has 0 aliphatic rings. The minimum absolute atomic E-state index is 0.0178. The molecular weight excluding hydrogens is 289 g/mol. The molecule has 2 N–H and O–H groups in total. The number of carbonyl (C=O) groups excluding carboxylic acids is 1. The number of hydrogen-bond acceptors (Lipinski definition) is 3. The Hall–Kier alpha value is -0.970. The average molecular weight is 306 g/mol. The zero-order valence-electron chi connectivity index (χ0n) is 11.0. The number of hydrogen-bond donors (Lipinski definition) is 1. The number of halogens is 2. The fourth-order valence-electron chi connectivity index (χ4n) is 1.85. The molecule has 2 atom stereocenters. The van der Waals surface area contributed by atoms with Gasteiger partial charge >= 0.3 is 6.09 Å². The van der Waals surface area contributed by atoms with Crippen molar-refractivity contribution in [3.05, 3.63) is 33.8 Å². The Kier molecular flexibility index (Phi) is 5.91. The summed E-state index contributed by atoms with van der Waals surface area (Å²) in [6.07, 6.45) is -1.87. The van der Waals surface area contributed by atoms with E-state index in [9.17, 15) is 4.79 Å². The summed E-state index contributed by atoms with van der Waals surface area (Å²) in [4.78, 5) is 11.0. The maximum atomic E-state index is 11.0. The van der Waals surface area contributed by atoms with Crippen LogP contribution in [0.2, 0.25) is 10.0 Å². The molecule has 0 spiro atoms. The monoisotopic (exact) mass is 305 g/mol. The van der Waals surface area contributed by atoms with E-state index >= 15 is 0 Å². The summed E-state index contributed by atoms with van der Waals surface area (Å²) in [7, 11) is 1.52. The minimum atomic E-state index is -0.842. The van der Waals surface area contributed by atoms with Crippen molar-refractivity contribution in [1.29, 1.82) is 0 Å². The molecule has 0 fully saturated rings. The fraction of sp³-hybridized carbons (Fsp3) is 0.462. The van der Waals surface area contributed by atoms with Crippen LogP contribution in [0.1, 0.15) is 25.5 Å². The molecule has 0 aliphatic heterocycles. The van der Waals surface area contributed by atoms with Gasteiger partial charge in [0.2, 0.25) is 0 Å². The van der Waals surface area contributed by atoms with E-state index in [-0.39, 0.29) is 5.92 Å². The molecule has 1 aromatic rings. The molecule has 0 aromatic heterocycles. The maximum Gasteiger partial charge on any atom is 0.404 e. The number of carbonyl (C=O) groups is 1. The van der Waals surface area contributed by atoms with Crippen molar-refractivity contribution < 1.29 is 14.3 Å². The first-order valence-electron chi connectivity index (χ1n) is 5.80. The van der Waals surface area contributed by atoms with Gasteiger partial charge in [0.25, 0.3) is 0 Å². The third-order valence-electron chi connectivity index (χ3n) is 2.73. The number of primary amides is 1. The average Bonchev–Trinajstić information content (AvgIpc) is 2.30. The first-order valence-corrected chi connectivity index (χ1v) is 6.56. The normalized spacial score (nSPS) is 14.2. The number of ether oxygens (including phenoxy) is 2. The molecular formula is C13H17Cl2NO3. The van der Waals surface area contributed by atoms with Crippen molar-refractivity contribution in [2.45, 2.75) is 26.1 Å². The Labute approximate surface area is 122 Å². The second kappa shape index (κ2) is 6.98. The predicted octanol–water partition coefficient (Wildman–Crippen LogP) is 3.80. The number of benzene rings is 1. The van der Waals surface area contributed by atoms with Crippen molar-refractivity contribution in [1.82, 2.24) is 0 Å². The van der Waals surface area contributed by atoms with Gasteiger partial charge in [0.1, 0.15) is 12.2 Å². The summed E-state index contributed by atoms with van der Waals surface area (Å²) in [5.41, 5.74) is 5.80. The van der Waals surface area contributed by atoms with Crippen molar-refractivity contribution in [3.8, 4) is 0 Å². The quantitative estimate of drug-likeness (QED) is 0.900. The first kappa shape index (κ1) is 16.1. The first-order chi connectivity index (χ1) is 8.86. The van der Waals surface area contributed by atoms with Gasteiger partial charge in [0, 0.05) is 22.7 Å². The second-order valence-corrected chi connectivity index (χ2v) is 5.31. The smallest absolute Gasteiger partial charge is 0.404 e. The van der Waals surface area contributed by atoms with Gasteiger partial charge in [-0.2, -0.15) is 0 Å². The van der Waals surface area contributed by atoms with E-state index in [2.05, 4.69) is 0 Å². The van der Waals surface area contributed by atoms with E-state index in [4.69, 9.17) is 38.4 Å². The molecule has 0 heterocycles. The fourth-order valence-corrected chi connectivity index (χ4v) is 2.37. The van der Waals surface area contributed by atoms with E-state index in [0.29, 0.717) is 15.6 Å². The molecule has 1 amide bonds. The molecule has 0 saturated carbocycles. The Morgan fingerprint density at radius 3 is 2.37 bits per heavy atom. The van der Waals surface area contributed by atoms with Crippen LogP contribution in [0, 0.1) is 5.92 Å². The second-order valence-electron chi connectivity index (χ2n) is 4.47. The molecule has 106 valence electrons. The standard InChI is InChI=1S/C13H17Cl2NO3/c1-7(2)11(19-13(16)17)12(18-3)9-5-4-8(14)6-10(9)15/h4-7,11-12H,1-3H3,(H2,16,17). The van der Waals surface area contributed by atoms with Crippen LogP contribution in [0.5, 0.6) is 0 Å². The summed E-state index contributed by atoms with van der Waals surface area (Å²) >= 11 is 12.0. The van der Waals surface area contributed by atoms with Crippen LogP contribution in [0.3, 0.4) is 0 Å². The highest BCUT2D eigenvalue weighted by atomic mass is 35.5. The molecule has 4 nitrogen and oxygen atoms in total. The summed E-state index contributed by atoms with van der Waals surface area (Å²) < 4.78 is 10.5. The zero-order valence-corrected chi connectivity index (χ0v) is 12.5. The van der Waals surface area contributed by atoms with Gasteiger partial charge in [-0.1, -0.05) is 43.1 Å². The molecule has 2 unspecified atom stereocenters. The molecule has 0 aliphatic carbocycles. The van der Waals surface area contributed by atoms with Gasteiger partial charge in [-0.15, -0.1) is 0 Å². The lowest BCUT2D eigenvalue weighted by atomic mass is 9.95. The molecule has 1 rings (SSSR count). The molecule has 6 heteroatoms. The highest BCUT2D eigenvalue weighted by Crippen LogP contribution is 2.33. The molecule has 1 aromatic carbocycles. The van der Waals surface area contributed by atoms with Crippen LogP contribution in [-0.2, 0) is 9.47 Å². The third kappa shape index (κ3) is 4.27. The van der Waals surface area contributed by atoms with Crippen LogP contribution in [0.15, 0.2) is 18.2 Å². The van der Waals surface area contributed by atoms with E-state index in [1.54, 1.807) is 18.2 Å². The van der Waals surface area contributed by atoms with Gasteiger partial charge in [-0.05, 0) is 18.1 Å². The molecule has 0 saturated heterocycles. The van der Waals surface area contributed by atoms with Crippen LogP contribution in [0.4, 0.5) is 4.79 Å². The van der Waals surface area contributed by atoms with Gasteiger partial charge in [0.05, 0.1) is 0 Å². The van der Waals surface area contributed by atoms with Crippen LogP contribution < -0.4 is 5.73 Å². The van der Waals surface area contributed by atoms with E-state index < -0.39 is 18.3 Å². The summed E-state index contributed by atoms with van der Waals surface area (Å²) in [5.74, 6) is 0.0178. The zero-order chi connectivity index (χ0) is 14.6. The number of nitrogens with two attached hydrogens (primary N) is 1. The lowest BCUT2D eigenvalue weighted by Gasteiger charge is -2.29. The summed E-state index contributed by atoms with van der Waals surface area (Å²) in [5, 5.41) is 0.985. The van der Waals surface area contributed by atoms with Crippen molar-refractivity contribution >= 4 is 29.3 Å². The Morgan fingerprint density at radius 2 is 1.95 bits per heavy atom. The molecule has 19 heavy (non-hydrogen) atoms. The lowest BCUT2D eigenvalue weighted by molar-refractivity contribution is -0.0423. The number of rotatable bonds is 5. The van der Waals surface area contributed by atoms with E-state index in [1.165, 1.54) is 7.11 Å².